The van der Waals surface area contributed by atoms with Crippen molar-refractivity contribution in [3.05, 3.63) is 59.8 Å². The maximum Gasteiger partial charge on any atom is 0.123 e. The van der Waals surface area contributed by atoms with Crippen LogP contribution in [0.4, 0.5) is 5.82 Å². The summed E-state index contributed by atoms with van der Waals surface area (Å²) in [5.41, 5.74) is 15.3. The summed E-state index contributed by atoms with van der Waals surface area (Å²) in [5.74, 6) is 1.66. The lowest BCUT2D eigenvalue weighted by molar-refractivity contribution is 0.0701. The molecule has 0 aliphatic carbocycles. The molecule has 4 N–H and O–H groups in total. The first-order valence-electron chi connectivity index (χ1n) is 10.3. The monoisotopic (exact) mass is 381 g/mol. The van der Waals surface area contributed by atoms with Crippen molar-refractivity contribution in [2.75, 3.05) is 38.5 Å². The Kier molecular flexibility index (Phi) is 6.54. The lowest BCUT2D eigenvalue weighted by Crippen LogP contribution is -2.47. The van der Waals surface area contributed by atoms with Gasteiger partial charge in [0.05, 0.1) is 13.2 Å². The number of nitrogens with one attached hydrogen (secondary N) is 2. The van der Waals surface area contributed by atoms with Crippen molar-refractivity contribution in [1.82, 2.24) is 20.7 Å². The summed E-state index contributed by atoms with van der Waals surface area (Å²) in [7, 11) is 0. The van der Waals surface area contributed by atoms with Crippen LogP contribution in [0.15, 0.2) is 48.7 Å². The van der Waals surface area contributed by atoms with E-state index in [0.717, 1.165) is 32.8 Å². The average Bonchev–Trinajstić information content (AvgIpc) is 3.22. The quantitative estimate of drug-likeness (QED) is 0.638. The van der Waals surface area contributed by atoms with E-state index in [4.69, 9.17) is 10.5 Å². The van der Waals surface area contributed by atoms with E-state index in [2.05, 4.69) is 51.1 Å². The van der Waals surface area contributed by atoms with Crippen LogP contribution in [-0.2, 0) is 11.3 Å². The number of nitrogens with two attached hydrogens (primary N) is 1. The van der Waals surface area contributed by atoms with Crippen LogP contribution < -0.4 is 16.6 Å². The molecular weight excluding hydrogens is 350 g/mol. The number of hydrogen-bond acceptors (Lipinski definition) is 6. The van der Waals surface area contributed by atoms with E-state index in [-0.39, 0.29) is 0 Å². The van der Waals surface area contributed by atoms with Gasteiger partial charge in [0.1, 0.15) is 5.82 Å². The first-order valence-corrected chi connectivity index (χ1v) is 10.3. The number of likely N-dealkylation sites (tertiary alicyclic amines) is 1. The highest BCUT2D eigenvalue weighted by Gasteiger charge is 2.36. The molecule has 2 aromatic rings. The molecule has 1 aromatic heterocycles. The van der Waals surface area contributed by atoms with Crippen molar-refractivity contribution in [2.24, 2.45) is 5.92 Å². The Balaban J connectivity index is 1.28. The van der Waals surface area contributed by atoms with E-state index < -0.39 is 0 Å². The molecule has 0 amide bonds. The van der Waals surface area contributed by atoms with Gasteiger partial charge < -0.3 is 15.4 Å². The smallest absolute Gasteiger partial charge is 0.123 e. The molecule has 3 heterocycles. The molecule has 28 heavy (non-hydrogen) atoms. The summed E-state index contributed by atoms with van der Waals surface area (Å²) in [4.78, 5) is 6.69. The van der Waals surface area contributed by atoms with Gasteiger partial charge in [0, 0.05) is 37.8 Å². The minimum Gasteiger partial charge on any atom is -0.384 e. The highest BCUT2D eigenvalue weighted by atomic mass is 16.5. The number of rotatable bonds is 7. The van der Waals surface area contributed by atoms with Crippen molar-refractivity contribution in [3.8, 4) is 0 Å². The van der Waals surface area contributed by atoms with E-state index in [1.54, 1.807) is 0 Å². The number of ether oxygens (including phenoxy) is 1. The summed E-state index contributed by atoms with van der Waals surface area (Å²) >= 11 is 0. The highest BCUT2D eigenvalue weighted by Crippen LogP contribution is 2.31. The molecule has 0 spiro atoms. The van der Waals surface area contributed by atoms with Gasteiger partial charge in [-0.3, -0.25) is 10.9 Å². The predicted octanol–water partition coefficient (Wildman–Crippen LogP) is 2.15. The number of aromatic nitrogens is 1. The Morgan fingerprint density at radius 3 is 2.96 bits per heavy atom. The third-order valence-corrected chi connectivity index (χ3v) is 5.97. The van der Waals surface area contributed by atoms with Gasteiger partial charge in [0.15, 0.2) is 0 Å². The molecule has 2 aliphatic heterocycles. The standard InChI is InChI=1S/C22H31N5O/c23-21-13-18(8-9-24-21)20-14-25-26-22(20)19-7-4-10-27(15-19)11-12-28-16-17-5-2-1-3-6-17/h1-3,5-6,8-9,13,19-20,22,25-26H,4,7,10-12,14-16H2,(H2,23,24). The number of anilines is 1. The Bertz CT molecular complexity index is 741. The predicted molar refractivity (Wildman–Crippen MR) is 112 cm³/mol. The molecule has 1 aromatic carbocycles. The molecular formula is C22H31N5O. The fourth-order valence-electron chi connectivity index (χ4n) is 4.53. The van der Waals surface area contributed by atoms with Gasteiger partial charge in [0.25, 0.3) is 0 Å². The lowest BCUT2D eigenvalue weighted by Gasteiger charge is -2.37. The van der Waals surface area contributed by atoms with Crippen LogP contribution in [-0.4, -0.2) is 48.7 Å². The Morgan fingerprint density at radius 2 is 2.11 bits per heavy atom. The third-order valence-electron chi connectivity index (χ3n) is 5.97. The van der Waals surface area contributed by atoms with Gasteiger partial charge in [-0.2, -0.15) is 0 Å². The molecule has 3 atom stereocenters. The maximum atomic E-state index is 5.91. The Labute approximate surface area is 167 Å². The second kappa shape index (κ2) is 9.47. The average molecular weight is 382 g/mol. The topological polar surface area (TPSA) is 75.4 Å². The third kappa shape index (κ3) is 4.89. The SMILES string of the molecule is Nc1cc(C2CNNC2C2CCCN(CCOCc3ccccc3)C2)ccn1. The second-order valence-corrected chi connectivity index (χ2v) is 7.91. The fourth-order valence-corrected chi connectivity index (χ4v) is 4.53. The van der Waals surface area contributed by atoms with Gasteiger partial charge in [-0.15, -0.1) is 0 Å². The molecule has 0 radical (unpaired) electrons. The van der Waals surface area contributed by atoms with Crippen molar-refractivity contribution in [2.45, 2.75) is 31.4 Å². The molecule has 2 aliphatic rings. The maximum absolute atomic E-state index is 5.91. The number of nitrogens with zero attached hydrogens (tertiary/aromatic N) is 2. The van der Waals surface area contributed by atoms with Crippen LogP contribution >= 0.6 is 0 Å². The van der Waals surface area contributed by atoms with E-state index in [9.17, 15) is 0 Å². The summed E-state index contributed by atoms with van der Waals surface area (Å²) < 4.78 is 5.90. The lowest BCUT2D eigenvalue weighted by atomic mass is 9.81. The zero-order valence-corrected chi connectivity index (χ0v) is 16.4. The molecule has 0 saturated carbocycles. The zero-order valence-electron chi connectivity index (χ0n) is 16.4. The van der Waals surface area contributed by atoms with E-state index in [1.165, 1.54) is 24.0 Å². The Morgan fingerprint density at radius 1 is 1.21 bits per heavy atom. The van der Waals surface area contributed by atoms with Crippen LogP contribution in [0.5, 0.6) is 0 Å². The molecule has 6 nitrogen and oxygen atoms in total. The second-order valence-electron chi connectivity index (χ2n) is 7.91. The van der Waals surface area contributed by atoms with Crippen LogP contribution in [0.2, 0.25) is 0 Å². The van der Waals surface area contributed by atoms with Crippen LogP contribution in [0.25, 0.3) is 0 Å². The van der Waals surface area contributed by atoms with Crippen molar-refractivity contribution < 1.29 is 4.74 Å². The van der Waals surface area contributed by atoms with E-state index in [0.29, 0.717) is 30.3 Å². The molecule has 4 rings (SSSR count). The molecule has 0 bridgehead atoms. The molecule has 2 fully saturated rings. The number of hydrazine groups is 1. The van der Waals surface area contributed by atoms with E-state index >= 15 is 0 Å². The minimum atomic E-state index is 0.426. The summed E-state index contributed by atoms with van der Waals surface area (Å²) in [5, 5.41) is 0. The van der Waals surface area contributed by atoms with Gasteiger partial charge >= 0.3 is 0 Å². The first kappa shape index (κ1) is 19.3. The largest absolute Gasteiger partial charge is 0.384 e. The van der Waals surface area contributed by atoms with E-state index in [1.807, 2.05) is 18.3 Å². The van der Waals surface area contributed by atoms with Gasteiger partial charge in [-0.1, -0.05) is 30.3 Å². The summed E-state index contributed by atoms with van der Waals surface area (Å²) in [6, 6.07) is 14.9. The highest BCUT2D eigenvalue weighted by molar-refractivity contribution is 5.35. The van der Waals surface area contributed by atoms with Crippen LogP contribution in [0.3, 0.4) is 0 Å². The molecule has 150 valence electrons. The summed E-state index contributed by atoms with van der Waals surface area (Å²) in [6.07, 6.45) is 4.32. The zero-order chi connectivity index (χ0) is 19.2. The van der Waals surface area contributed by atoms with Crippen LogP contribution in [0, 0.1) is 5.92 Å². The number of nitrogen functional groups attached to an aromatic ring is 1. The molecule has 3 unspecified atom stereocenters. The minimum absolute atomic E-state index is 0.426. The van der Waals surface area contributed by atoms with Crippen molar-refractivity contribution in [1.29, 1.82) is 0 Å². The normalized spacial score (nSPS) is 25.8. The van der Waals surface area contributed by atoms with Gasteiger partial charge in [0.2, 0.25) is 0 Å². The van der Waals surface area contributed by atoms with Gasteiger partial charge in [-0.05, 0) is 48.6 Å². The fraction of sp³-hybridized carbons (Fsp3) is 0.500. The summed E-state index contributed by atoms with van der Waals surface area (Å²) in [6.45, 7) is 5.69. The number of benzene rings is 1. The molecule has 2 saturated heterocycles. The van der Waals surface area contributed by atoms with Crippen molar-refractivity contribution >= 4 is 5.82 Å². The molecule has 6 heteroatoms. The number of piperidine rings is 1. The Hall–Kier alpha value is -1.99. The first-order chi connectivity index (χ1) is 13.8. The number of hydrogen-bond donors (Lipinski definition) is 3. The van der Waals surface area contributed by atoms with Crippen LogP contribution in [0.1, 0.15) is 29.9 Å². The number of pyridine rings is 1. The van der Waals surface area contributed by atoms with Crippen molar-refractivity contribution in [3.63, 3.8) is 0 Å². The van der Waals surface area contributed by atoms with Gasteiger partial charge in [-0.25, -0.2) is 4.98 Å².